The number of benzene rings is 2. The maximum Gasteiger partial charge on any atom is 0.305 e. The van der Waals surface area contributed by atoms with Crippen LogP contribution in [0.5, 0.6) is 5.75 Å². The van der Waals surface area contributed by atoms with Gasteiger partial charge in [-0.15, -0.1) is 0 Å². The lowest BCUT2D eigenvalue weighted by molar-refractivity contribution is -0.140. The predicted molar refractivity (Wildman–Crippen MR) is 225 cm³/mol. The highest BCUT2D eigenvalue weighted by Crippen LogP contribution is 2.26. The lowest BCUT2D eigenvalue weighted by Crippen LogP contribution is -2.51. The number of aliphatic hydroxyl groups is 2. The molecule has 0 aliphatic heterocycles. The first-order valence-corrected chi connectivity index (χ1v) is 19.9. The van der Waals surface area contributed by atoms with E-state index in [1.54, 1.807) is 25.1 Å². The summed E-state index contributed by atoms with van der Waals surface area (Å²) in [5.41, 5.74) is 4.01. The van der Waals surface area contributed by atoms with E-state index in [9.17, 15) is 34.8 Å². The number of aryl methyl sites for hydroxylation is 2. The van der Waals surface area contributed by atoms with Crippen LogP contribution in [0.25, 0.3) is 0 Å². The van der Waals surface area contributed by atoms with Crippen molar-refractivity contribution in [3.63, 3.8) is 0 Å². The van der Waals surface area contributed by atoms with Gasteiger partial charge in [0, 0.05) is 18.5 Å². The first-order chi connectivity index (χ1) is 26.6. The first-order valence-electron chi connectivity index (χ1n) is 19.9. The van der Waals surface area contributed by atoms with Gasteiger partial charge in [-0.05, 0) is 119 Å². The van der Waals surface area contributed by atoms with Gasteiger partial charge in [-0.2, -0.15) is 0 Å². The van der Waals surface area contributed by atoms with Gasteiger partial charge in [0.1, 0.15) is 5.75 Å². The Morgan fingerprint density at radius 3 is 2.09 bits per heavy atom. The van der Waals surface area contributed by atoms with Crippen molar-refractivity contribution in [2.75, 3.05) is 6.54 Å². The molecule has 0 saturated carbocycles. The molecule has 0 aliphatic rings. The second-order valence-electron chi connectivity index (χ2n) is 14.7. The molecule has 11 heteroatoms. The van der Waals surface area contributed by atoms with E-state index >= 15 is 0 Å². The maximum absolute atomic E-state index is 12.8. The SMILES string of the molecule is C=C/C=C(\C=C)C(CC)CC(O)C(C)NC(=O)C(CC(=O)O)NCCCc1ccc(C)c(O)c1.CCC(CC(O)C(C)NC(C)CCC(=O)O)c1ccccc1. The Morgan fingerprint density at radius 1 is 0.875 bits per heavy atom. The number of carboxylic acid groups (broad SMARTS) is 2. The van der Waals surface area contributed by atoms with Crippen LogP contribution in [0.2, 0.25) is 0 Å². The van der Waals surface area contributed by atoms with E-state index in [2.05, 4.69) is 48.2 Å². The number of nitrogens with one attached hydrogen (secondary N) is 3. The number of allylic oxidation sites excluding steroid dienone is 4. The largest absolute Gasteiger partial charge is 0.508 e. The molecule has 11 nitrogen and oxygen atoms in total. The Kier molecular flexibility index (Phi) is 24.3. The summed E-state index contributed by atoms with van der Waals surface area (Å²) in [7, 11) is 0. The first kappa shape index (κ1) is 49.7. The molecule has 2 aromatic rings. The van der Waals surface area contributed by atoms with Gasteiger partial charge in [0.25, 0.3) is 0 Å². The monoisotopic (exact) mass is 780 g/mol. The van der Waals surface area contributed by atoms with Gasteiger partial charge in [-0.1, -0.05) is 87.7 Å². The number of aliphatic carboxylic acids is 2. The fourth-order valence-corrected chi connectivity index (χ4v) is 6.52. The van der Waals surface area contributed by atoms with Crippen molar-refractivity contribution in [2.24, 2.45) is 5.92 Å². The molecule has 8 atom stereocenters. The number of aliphatic hydroxyl groups excluding tert-OH is 2. The number of rotatable bonds is 26. The fraction of sp³-hybridized carbons (Fsp3) is 0.533. The maximum atomic E-state index is 12.8. The zero-order chi connectivity index (χ0) is 42.2. The Bertz CT molecular complexity index is 1510. The Balaban J connectivity index is 0.000000614. The molecule has 0 radical (unpaired) electrons. The Labute approximate surface area is 335 Å². The molecule has 8 N–H and O–H groups in total. The van der Waals surface area contributed by atoms with Crippen LogP contribution in [0, 0.1) is 12.8 Å². The highest BCUT2D eigenvalue weighted by atomic mass is 16.4. The number of carboxylic acids is 2. The van der Waals surface area contributed by atoms with E-state index in [-0.39, 0.29) is 36.6 Å². The van der Waals surface area contributed by atoms with Crippen LogP contribution < -0.4 is 16.0 Å². The van der Waals surface area contributed by atoms with Gasteiger partial charge in [-0.3, -0.25) is 14.4 Å². The second kappa shape index (κ2) is 27.3. The normalized spacial score (nSPS) is 15.8. The molecule has 2 aromatic carbocycles. The molecule has 0 aromatic heterocycles. The third-order valence-electron chi connectivity index (χ3n) is 10.2. The average molecular weight is 780 g/mol. The van der Waals surface area contributed by atoms with Gasteiger partial charge in [-0.25, -0.2) is 0 Å². The number of hydrogen-bond donors (Lipinski definition) is 8. The van der Waals surface area contributed by atoms with Crippen LogP contribution >= 0.6 is 0 Å². The molecule has 0 heterocycles. The summed E-state index contributed by atoms with van der Waals surface area (Å²) in [4.78, 5) is 34.6. The molecule has 56 heavy (non-hydrogen) atoms. The van der Waals surface area contributed by atoms with E-state index in [1.165, 1.54) is 5.56 Å². The zero-order valence-electron chi connectivity index (χ0n) is 34.4. The summed E-state index contributed by atoms with van der Waals surface area (Å²) in [5.74, 6) is -1.67. The Hall–Kier alpha value is -4.29. The Morgan fingerprint density at radius 2 is 1.54 bits per heavy atom. The van der Waals surface area contributed by atoms with Crippen LogP contribution in [-0.4, -0.2) is 86.3 Å². The number of phenolic OH excluding ortho intramolecular Hbond substituents is 1. The smallest absolute Gasteiger partial charge is 0.305 e. The summed E-state index contributed by atoms with van der Waals surface area (Å²) in [6.45, 7) is 19.6. The van der Waals surface area contributed by atoms with E-state index in [4.69, 9.17) is 5.11 Å². The molecule has 312 valence electrons. The average Bonchev–Trinajstić information content (AvgIpc) is 3.16. The number of hydrogen-bond acceptors (Lipinski definition) is 8. The van der Waals surface area contributed by atoms with Gasteiger partial charge >= 0.3 is 11.9 Å². The zero-order valence-corrected chi connectivity index (χ0v) is 34.4. The number of phenols is 1. The molecule has 0 bridgehead atoms. The fourth-order valence-electron chi connectivity index (χ4n) is 6.52. The molecule has 0 spiro atoms. The summed E-state index contributed by atoms with van der Waals surface area (Å²) in [5, 5.41) is 57.9. The molecule has 0 fully saturated rings. The minimum atomic E-state index is -1.08. The third-order valence-corrected chi connectivity index (χ3v) is 10.2. The number of carbonyl (C=O) groups is 3. The van der Waals surface area contributed by atoms with Crippen molar-refractivity contribution in [3.8, 4) is 5.75 Å². The van der Waals surface area contributed by atoms with Crippen molar-refractivity contribution in [3.05, 3.63) is 102 Å². The molecule has 0 aliphatic carbocycles. The van der Waals surface area contributed by atoms with Crippen LogP contribution in [0.4, 0.5) is 0 Å². The lowest BCUT2D eigenvalue weighted by Gasteiger charge is -2.27. The minimum Gasteiger partial charge on any atom is -0.508 e. The summed E-state index contributed by atoms with van der Waals surface area (Å²) >= 11 is 0. The molecule has 8 unspecified atom stereocenters. The lowest BCUT2D eigenvalue weighted by atomic mass is 9.88. The number of carbonyl (C=O) groups excluding carboxylic acids is 1. The topological polar surface area (TPSA) is 188 Å². The number of amides is 1. The van der Waals surface area contributed by atoms with Crippen LogP contribution in [-0.2, 0) is 20.8 Å². The second-order valence-corrected chi connectivity index (χ2v) is 14.7. The van der Waals surface area contributed by atoms with E-state index in [0.29, 0.717) is 44.6 Å². The van der Waals surface area contributed by atoms with Gasteiger partial charge in [0.05, 0.1) is 30.7 Å². The summed E-state index contributed by atoms with van der Waals surface area (Å²) < 4.78 is 0. The van der Waals surface area contributed by atoms with E-state index in [0.717, 1.165) is 29.5 Å². The molecule has 2 rings (SSSR count). The van der Waals surface area contributed by atoms with Crippen LogP contribution in [0.3, 0.4) is 0 Å². The molecular formula is C45H69N3O8. The van der Waals surface area contributed by atoms with Gasteiger partial charge < -0.3 is 41.5 Å². The third kappa shape index (κ3) is 19.5. The van der Waals surface area contributed by atoms with Crippen LogP contribution in [0.1, 0.15) is 109 Å². The number of aromatic hydroxyl groups is 1. The highest BCUT2D eigenvalue weighted by molar-refractivity contribution is 5.86. The van der Waals surface area contributed by atoms with Gasteiger partial charge in [0.15, 0.2) is 0 Å². The van der Waals surface area contributed by atoms with Crippen molar-refractivity contribution in [1.82, 2.24) is 16.0 Å². The molecule has 1 amide bonds. The van der Waals surface area contributed by atoms with E-state index in [1.807, 2.05) is 64.1 Å². The standard InChI is InChI=1S/C27H40N2O5.C18H29NO3/c1-6-10-21(7-2)22(8-3)16-25(31)19(5)29-27(34)23(17-26(32)33)28-14-9-11-20-13-12-18(4)24(30)15-20;1-4-15(16-8-6-5-7-9-16)12-17(20)14(3)19-13(2)10-11-18(21)22/h6-7,10,12-13,15,19,22-23,25,28,30-31H,1-2,8-9,11,14,16-17H2,3-5H3,(H,29,34)(H,32,33);5-9,13-15,17,19-20H,4,10-12H2,1-3H3,(H,21,22)/b21-10+;. The van der Waals surface area contributed by atoms with Crippen LogP contribution in [0.15, 0.2) is 85.5 Å². The van der Waals surface area contributed by atoms with E-state index < -0.39 is 42.1 Å². The highest BCUT2D eigenvalue weighted by Gasteiger charge is 2.27. The molecule has 0 saturated heterocycles. The quantitative estimate of drug-likeness (QED) is 0.0372. The molecular weight excluding hydrogens is 711 g/mol. The van der Waals surface area contributed by atoms with Crippen molar-refractivity contribution < 1.29 is 39.9 Å². The summed E-state index contributed by atoms with van der Waals surface area (Å²) in [6.07, 6.45) is 8.68. The summed E-state index contributed by atoms with van der Waals surface area (Å²) in [6, 6.07) is 14.3. The predicted octanol–water partition coefficient (Wildman–Crippen LogP) is 6.81. The van der Waals surface area contributed by atoms with Crippen molar-refractivity contribution in [2.45, 2.75) is 142 Å². The minimum absolute atomic E-state index is 0.0541. The van der Waals surface area contributed by atoms with Gasteiger partial charge in [0.2, 0.25) is 5.91 Å². The van der Waals surface area contributed by atoms with Crippen molar-refractivity contribution >= 4 is 17.8 Å². The van der Waals surface area contributed by atoms with Crippen molar-refractivity contribution in [1.29, 1.82) is 0 Å².